The average Bonchev–Trinajstić information content (AvgIpc) is 2.03. The van der Waals surface area contributed by atoms with E-state index in [1.54, 1.807) is 12.1 Å². The lowest BCUT2D eigenvalue weighted by Gasteiger charge is -2.00. The summed E-state index contributed by atoms with van der Waals surface area (Å²) in [5.74, 6) is 0. The fourth-order valence-electron chi connectivity index (χ4n) is 0.786. The molecule has 0 fully saturated rings. The lowest BCUT2D eigenvalue weighted by molar-refractivity contribution is 0.602. The second-order valence-electron chi connectivity index (χ2n) is 2.39. The molecule has 0 bridgehead atoms. The molecule has 1 rings (SSSR count). The van der Waals surface area contributed by atoms with Gasteiger partial charge in [-0.25, -0.2) is 8.42 Å². The van der Waals surface area contributed by atoms with Crippen LogP contribution >= 0.6 is 11.8 Å². The van der Waals surface area contributed by atoms with Gasteiger partial charge in [0.05, 0.1) is 10.6 Å². The van der Waals surface area contributed by atoms with Crippen LogP contribution in [-0.2, 0) is 9.84 Å². The Morgan fingerprint density at radius 1 is 1.42 bits per heavy atom. The van der Waals surface area contributed by atoms with E-state index < -0.39 is 9.84 Å². The van der Waals surface area contributed by atoms with Crippen molar-refractivity contribution in [2.45, 2.75) is 4.90 Å². The SMILES string of the molecule is CS(=O)(=O)c1cccc(NCl)c1. The molecule has 0 saturated carbocycles. The number of halogens is 1. The normalized spacial score (nSPS) is 11.2. The zero-order valence-corrected chi connectivity index (χ0v) is 7.98. The first-order valence-electron chi connectivity index (χ1n) is 3.21. The Balaban J connectivity index is 3.20. The molecule has 1 N–H and O–H groups in total. The highest BCUT2D eigenvalue weighted by Gasteiger charge is 2.06. The maximum Gasteiger partial charge on any atom is 0.175 e. The highest BCUT2D eigenvalue weighted by Crippen LogP contribution is 2.15. The largest absolute Gasteiger partial charge is 0.298 e. The van der Waals surface area contributed by atoms with Crippen LogP contribution in [0.15, 0.2) is 29.2 Å². The third-order valence-corrected chi connectivity index (χ3v) is 2.70. The Labute approximate surface area is 76.4 Å². The lowest BCUT2D eigenvalue weighted by Crippen LogP contribution is -1.96. The molecule has 66 valence electrons. The number of hydrogen-bond acceptors (Lipinski definition) is 3. The van der Waals surface area contributed by atoms with Crippen molar-refractivity contribution in [2.24, 2.45) is 0 Å². The number of anilines is 1. The van der Waals surface area contributed by atoms with Gasteiger partial charge in [0.1, 0.15) is 0 Å². The summed E-state index contributed by atoms with van der Waals surface area (Å²) < 4.78 is 22.1. The van der Waals surface area contributed by atoms with Gasteiger partial charge in [0.2, 0.25) is 0 Å². The Morgan fingerprint density at radius 2 is 2.08 bits per heavy atom. The minimum Gasteiger partial charge on any atom is -0.298 e. The molecule has 3 nitrogen and oxygen atoms in total. The molecule has 0 radical (unpaired) electrons. The van der Waals surface area contributed by atoms with E-state index in [0.717, 1.165) is 6.26 Å². The summed E-state index contributed by atoms with van der Waals surface area (Å²) in [6.07, 6.45) is 1.15. The van der Waals surface area contributed by atoms with Gasteiger partial charge in [0, 0.05) is 18.0 Å². The number of benzene rings is 1. The molecule has 0 heterocycles. The van der Waals surface area contributed by atoms with Gasteiger partial charge >= 0.3 is 0 Å². The summed E-state index contributed by atoms with van der Waals surface area (Å²) in [4.78, 5) is 2.60. The van der Waals surface area contributed by atoms with E-state index in [-0.39, 0.29) is 4.90 Å². The summed E-state index contributed by atoms with van der Waals surface area (Å²) in [7, 11) is -3.13. The molecular formula is C7H8ClNO2S. The second kappa shape index (κ2) is 3.33. The summed E-state index contributed by atoms with van der Waals surface area (Å²) >= 11 is 5.30. The van der Waals surface area contributed by atoms with Gasteiger partial charge in [-0.05, 0) is 18.2 Å². The first-order chi connectivity index (χ1) is 5.54. The smallest absolute Gasteiger partial charge is 0.175 e. The maximum atomic E-state index is 11.0. The minimum atomic E-state index is -3.13. The molecule has 0 aliphatic heterocycles. The molecule has 1 aromatic rings. The Kier molecular flexibility index (Phi) is 2.59. The number of nitrogens with one attached hydrogen (secondary N) is 1. The van der Waals surface area contributed by atoms with Crippen LogP contribution in [0.25, 0.3) is 0 Å². The van der Waals surface area contributed by atoms with Gasteiger partial charge in [0.15, 0.2) is 9.84 Å². The fourth-order valence-corrected chi connectivity index (χ4v) is 1.57. The first kappa shape index (κ1) is 9.35. The molecule has 0 atom stereocenters. The van der Waals surface area contributed by atoms with Crippen molar-refractivity contribution in [2.75, 3.05) is 11.1 Å². The molecule has 0 aliphatic rings. The van der Waals surface area contributed by atoms with Gasteiger partial charge in [0.25, 0.3) is 0 Å². The molecule has 12 heavy (non-hydrogen) atoms. The monoisotopic (exact) mass is 205 g/mol. The van der Waals surface area contributed by atoms with Crippen LogP contribution in [0.4, 0.5) is 5.69 Å². The quantitative estimate of drug-likeness (QED) is 0.747. The van der Waals surface area contributed by atoms with Gasteiger partial charge in [-0.3, -0.25) is 4.84 Å². The number of rotatable bonds is 2. The summed E-state index contributed by atoms with van der Waals surface area (Å²) in [6.45, 7) is 0. The molecule has 0 aromatic heterocycles. The van der Waals surface area contributed by atoms with E-state index in [4.69, 9.17) is 11.8 Å². The van der Waals surface area contributed by atoms with Crippen LogP contribution in [0.2, 0.25) is 0 Å². The summed E-state index contributed by atoms with van der Waals surface area (Å²) in [5, 5.41) is 0. The van der Waals surface area contributed by atoms with Crippen molar-refractivity contribution in [3.05, 3.63) is 24.3 Å². The zero-order chi connectivity index (χ0) is 9.19. The highest BCUT2D eigenvalue weighted by molar-refractivity contribution is 7.90. The van der Waals surface area contributed by atoms with Crippen molar-refractivity contribution in [1.82, 2.24) is 0 Å². The summed E-state index contributed by atoms with van der Waals surface area (Å²) in [6, 6.07) is 6.30. The molecule has 0 spiro atoms. The van der Waals surface area contributed by atoms with Crippen LogP contribution in [0, 0.1) is 0 Å². The van der Waals surface area contributed by atoms with Gasteiger partial charge in [-0.2, -0.15) is 0 Å². The topological polar surface area (TPSA) is 46.2 Å². The Hall–Kier alpha value is -0.740. The third-order valence-electron chi connectivity index (χ3n) is 1.37. The standard InChI is InChI=1S/C7H8ClNO2S/c1-12(10,11)7-4-2-3-6(5-7)9-8/h2-5,9H,1H3. The van der Waals surface area contributed by atoms with Crippen LogP contribution in [0.5, 0.6) is 0 Å². The molecule has 0 saturated heterocycles. The number of sulfone groups is 1. The van der Waals surface area contributed by atoms with E-state index in [2.05, 4.69) is 4.84 Å². The van der Waals surface area contributed by atoms with E-state index in [1.165, 1.54) is 12.1 Å². The molecular weight excluding hydrogens is 198 g/mol. The molecule has 0 unspecified atom stereocenters. The van der Waals surface area contributed by atoms with Crippen molar-refractivity contribution < 1.29 is 8.42 Å². The third kappa shape index (κ3) is 2.12. The van der Waals surface area contributed by atoms with E-state index in [1.807, 2.05) is 0 Å². The van der Waals surface area contributed by atoms with E-state index in [9.17, 15) is 8.42 Å². The number of hydrogen-bond donors (Lipinski definition) is 1. The van der Waals surface area contributed by atoms with Crippen molar-refractivity contribution in [1.29, 1.82) is 0 Å². The highest BCUT2D eigenvalue weighted by atomic mass is 35.5. The Bertz CT molecular complexity index is 375. The molecule has 1 aromatic carbocycles. The van der Waals surface area contributed by atoms with Gasteiger partial charge < -0.3 is 0 Å². The minimum absolute atomic E-state index is 0.258. The molecule has 5 heteroatoms. The van der Waals surface area contributed by atoms with Gasteiger partial charge in [-0.15, -0.1) is 0 Å². The zero-order valence-electron chi connectivity index (χ0n) is 6.41. The first-order valence-corrected chi connectivity index (χ1v) is 5.48. The van der Waals surface area contributed by atoms with Crippen molar-refractivity contribution in [3.8, 4) is 0 Å². The summed E-state index contributed by atoms with van der Waals surface area (Å²) in [5.41, 5.74) is 0.569. The van der Waals surface area contributed by atoms with E-state index >= 15 is 0 Å². The van der Waals surface area contributed by atoms with Crippen LogP contribution in [0.3, 0.4) is 0 Å². The van der Waals surface area contributed by atoms with Crippen LogP contribution < -0.4 is 4.84 Å². The van der Waals surface area contributed by atoms with Crippen LogP contribution in [0.1, 0.15) is 0 Å². The van der Waals surface area contributed by atoms with Crippen molar-refractivity contribution >= 4 is 27.3 Å². The molecule has 0 amide bonds. The fraction of sp³-hybridized carbons (Fsp3) is 0.143. The predicted octanol–water partition coefficient (Wildman–Crippen LogP) is 1.66. The molecule has 0 aliphatic carbocycles. The van der Waals surface area contributed by atoms with Crippen molar-refractivity contribution in [3.63, 3.8) is 0 Å². The van der Waals surface area contributed by atoms with Crippen LogP contribution in [-0.4, -0.2) is 14.7 Å². The second-order valence-corrected chi connectivity index (χ2v) is 4.60. The lowest BCUT2D eigenvalue weighted by atomic mass is 10.3. The predicted molar refractivity (Wildman–Crippen MR) is 49.0 cm³/mol. The maximum absolute atomic E-state index is 11.0. The van der Waals surface area contributed by atoms with E-state index in [0.29, 0.717) is 5.69 Å². The average molecular weight is 206 g/mol. The van der Waals surface area contributed by atoms with Gasteiger partial charge in [-0.1, -0.05) is 6.07 Å². The Morgan fingerprint density at radius 3 is 2.58 bits per heavy atom.